The van der Waals surface area contributed by atoms with Crippen molar-refractivity contribution in [1.82, 2.24) is 14.7 Å². The molecule has 3 saturated heterocycles. The van der Waals surface area contributed by atoms with E-state index in [2.05, 4.69) is 27.0 Å². The average Bonchev–Trinajstić information content (AvgIpc) is 3.53. The van der Waals surface area contributed by atoms with E-state index in [4.69, 9.17) is 0 Å². The van der Waals surface area contributed by atoms with E-state index in [0.717, 1.165) is 24.8 Å². The molecule has 7 atom stereocenters. The highest BCUT2D eigenvalue weighted by Crippen LogP contribution is 2.69. The van der Waals surface area contributed by atoms with Crippen molar-refractivity contribution in [1.29, 1.82) is 0 Å². The third-order valence-electron chi connectivity index (χ3n) is 8.76. The van der Waals surface area contributed by atoms with Gasteiger partial charge in [0.1, 0.15) is 6.04 Å². The number of hydrogen-bond acceptors (Lipinski definition) is 5. The van der Waals surface area contributed by atoms with Gasteiger partial charge < -0.3 is 19.8 Å². The molecule has 3 aliphatic heterocycles. The Balaban J connectivity index is 1.74. The van der Waals surface area contributed by atoms with Crippen LogP contribution in [0.5, 0.6) is 0 Å². The van der Waals surface area contributed by atoms with Crippen LogP contribution in [0.1, 0.15) is 45.6 Å². The second-order valence-electron chi connectivity index (χ2n) is 11.2. The summed E-state index contributed by atoms with van der Waals surface area (Å²) >= 11 is 1.68. The van der Waals surface area contributed by atoms with Gasteiger partial charge in [0.05, 0.1) is 29.2 Å². The number of carbonyl (C=O) groups is 3. The first-order valence-corrected chi connectivity index (χ1v) is 15.1. The Morgan fingerprint density at radius 3 is 2.46 bits per heavy atom. The zero-order valence-corrected chi connectivity index (χ0v) is 24.3. The highest BCUT2D eigenvalue weighted by molar-refractivity contribution is 8.02. The number of unbranched alkanes of at least 4 members (excludes halogenated alkanes) is 1. The summed E-state index contributed by atoms with van der Waals surface area (Å²) in [5.74, 6) is -1.37. The lowest BCUT2D eigenvalue weighted by Crippen LogP contribution is -2.59. The molecule has 39 heavy (non-hydrogen) atoms. The molecule has 1 spiro atoms. The van der Waals surface area contributed by atoms with Crippen LogP contribution in [0.3, 0.4) is 0 Å². The molecule has 4 rings (SSSR count). The van der Waals surface area contributed by atoms with Gasteiger partial charge in [-0.15, -0.1) is 24.9 Å². The molecule has 3 unspecified atom stereocenters. The lowest BCUT2D eigenvalue weighted by molar-refractivity contribution is -0.147. The SMILES string of the molecule is C=CCN(CCCC)C(=O)C1N([C@H](C)CO)C(=O)[C@@H]2[C@@H](C(=O)N(CC=C)Cc3ccccc3)[C@H]3CC(C)C12S3. The van der Waals surface area contributed by atoms with E-state index in [1.165, 1.54) is 0 Å². The Labute approximate surface area is 237 Å². The van der Waals surface area contributed by atoms with Crippen LogP contribution in [0.25, 0.3) is 0 Å². The van der Waals surface area contributed by atoms with Crippen molar-refractivity contribution >= 4 is 29.5 Å². The van der Waals surface area contributed by atoms with Gasteiger partial charge >= 0.3 is 0 Å². The minimum Gasteiger partial charge on any atom is -0.394 e. The largest absolute Gasteiger partial charge is 0.394 e. The van der Waals surface area contributed by atoms with E-state index in [0.29, 0.717) is 26.2 Å². The molecule has 0 radical (unpaired) electrons. The zero-order chi connectivity index (χ0) is 28.3. The van der Waals surface area contributed by atoms with Gasteiger partial charge in [-0.25, -0.2) is 0 Å². The molecule has 2 bridgehead atoms. The summed E-state index contributed by atoms with van der Waals surface area (Å²) in [5, 5.41) is 10.1. The van der Waals surface area contributed by atoms with Crippen molar-refractivity contribution in [3.63, 3.8) is 0 Å². The van der Waals surface area contributed by atoms with Crippen LogP contribution < -0.4 is 0 Å². The van der Waals surface area contributed by atoms with E-state index in [1.807, 2.05) is 30.3 Å². The number of nitrogens with zero attached hydrogens (tertiary/aromatic N) is 3. The van der Waals surface area contributed by atoms with Crippen molar-refractivity contribution in [3.8, 4) is 0 Å². The number of thioether (sulfide) groups is 1. The van der Waals surface area contributed by atoms with Crippen LogP contribution in [0.4, 0.5) is 0 Å². The molecule has 1 N–H and O–H groups in total. The topological polar surface area (TPSA) is 81.2 Å². The maximum absolute atomic E-state index is 14.3. The average molecular weight is 554 g/mol. The van der Waals surface area contributed by atoms with Gasteiger partial charge in [0.15, 0.2) is 0 Å². The predicted octanol–water partition coefficient (Wildman–Crippen LogP) is 3.73. The van der Waals surface area contributed by atoms with E-state index in [1.54, 1.807) is 45.5 Å². The lowest BCUT2D eigenvalue weighted by atomic mass is 9.65. The fourth-order valence-electron chi connectivity index (χ4n) is 6.96. The second-order valence-corrected chi connectivity index (χ2v) is 12.8. The van der Waals surface area contributed by atoms with Gasteiger partial charge in [-0.3, -0.25) is 14.4 Å². The monoisotopic (exact) mass is 553 g/mol. The van der Waals surface area contributed by atoms with Crippen LogP contribution in [0.15, 0.2) is 55.6 Å². The highest BCUT2D eigenvalue weighted by Gasteiger charge is 2.76. The molecular weight excluding hydrogens is 510 g/mol. The maximum Gasteiger partial charge on any atom is 0.247 e. The van der Waals surface area contributed by atoms with Gasteiger partial charge in [0.25, 0.3) is 0 Å². The van der Waals surface area contributed by atoms with Crippen LogP contribution in [0.2, 0.25) is 0 Å². The van der Waals surface area contributed by atoms with Crippen LogP contribution in [-0.2, 0) is 20.9 Å². The molecule has 0 aliphatic carbocycles. The van der Waals surface area contributed by atoms with E-state index in [9.17, 15) is 19.5 Å². The molecule has 1 aromatic rings. The normalized spacial score (nSPS) is 29.7. The molecule has 3 heterocycles. The molecule has 1 aromatic carbocycles. The summed E-state index contributed by atoms with van der Waals surface area (Å²) in [4.78, 5) is 48.1. The molecule has 3 amide bonds. The summed E-state index contributed by atoms with van der Waals surface area (Å²) in [6, 6.07) is 8.59. The van der Waals surface area contributed by atoms with E-state index in [-0.39, 0.29) is 35.5 Å². The van der Waals surface area contributed by atoms with Crippen LogP contribution in [-0.4, -0.2) is 85.8 Å². The summed E-state index contributed by atoms with van der Waals surface area (Å²) in [6.45, 7) is 15.3. The quantitative estimate of drug-likeness (QED) is 0.377. The minimum atomic E-state index is -0.723. The lowest BCUT2D eigenvalue weighted by Gasteiger charge is -2.42. The van der Waals surface area contributed by atoms with Crippen molar-refractivity contribution in [2.75, 3.05) is 26.2 Å². The van der Waals surface area contributed by atoms with Gasteiger partial charge in [-0.05, 0) is 31.2 Å². The third-order valence-corrected chi connectivity index (χ3v) is 10.8. The zero-order valence-electron chi connectivity index (χ0n) is 23.5. The fraction of sp³-hybridized carbons (Fsp3) is 0.581. The summed E-state index contributed by atoms with van der Waals surface area (Å²) < 4.78 is -0.708. The minimum absolute atomic E-state index is 0.0325. The first-order valence-electron chi connectivity index (χ1n) is 14.2. The molecule has 7 nitrogen and oxygen atoms in total. The number of amides is 3. The number of fused-ring (bicyclic) bond motifs is 1. The Hall–Kier alpha value is -2.58. The molecule has 0 aromatic heterocycles. The summed E-state index contributed by atoms with van der Waals surface area (Å²) in [7, 11) is 0. The number of aliphatic hydroxyl groups is 1. The Morgan fingerprint density at radius 2 is 1.85 bits per heavy atom. The molecule has 3 aliphatic rings. The van der Waals surface area contributed by atoms with Gasteiger partial charge in [-0.1, -0.05) is 62.8 Å². The number of rotatable bonds is 13. The van der Waals surface area contributed by atoms with Gasteiger partial charge in [-0.2, -0.15) is 0 Å². The number of aliphatic hydroxyl groups excluding tert-OH is 1. The van der Waals surface area contributed by atoms with Crippen molar-refractivity contribution in [3.05, 3.63) is 61.2 Å². The van der Waals surface area contributed by atoms with Crippen molar-refractivity contribution in [2.45, 2.75) is 68.7 Å². The second kappa shape index (κ2) is 12.3. The van der Waals surface area contributed by atoms with Gasteiger partial charge in [0, 0.05) is 31.4 Å². The Bertz CT molecular complexity index is 1080. The number of likely N-dealkylation sites (tertiary alicyclic amines) is 1. The summed E-state index contributed by atoms with van der Waals surface area (Å²) in [6.07, 6.45) is 6.03. The number of carbonyl (C=O) groups excluding carboxylic acids is 3. The van der Waals surface area contributed by atoms with E-state index < -0.39 is 28.7 Å². The van der Waals surface area contributed by atoms with E-state index >= 15 is 0 Å². The number of benzene rings is 1. The maximum atomic E-state index is 14.3. The highest BCUT2D eigenvalue weighted by atomic mass is 32.2. The van der Waals surface area contributed by atoms with Crippen molar-refractivity contribution < 1.29 is 19.5 Å². The molecule has 212 valence electrons. The summed E-state index contributed by atoms with van der Waals surface area (Å²) in [5.41, 5.74) is 1.02. The van der Waals surface area contributed by atoms with Crippen molar-refractivity contribution in [2.24, 2.45) is 17.8 Å². The molecule has 3 fully saturated rings. The standard InChI is InChI=1S/C31H43N3O4S/c1-6-9-17-32(15-7-2)30(38)27-31-21(4)18-24(39-31)25(26(31)29(37)34(27)22(5)20-35)28(36)33(16-8-3)19-23-13-11-10-12-14-23/h7-8,10-14,21-22,24-27,35H,2-3,6,9,15-20H2,1,4-5H3/t21?,22-,24-,25+,26+,27?,31?/m1/s1. The number of hydrogen-bond donors (Lipinski definition) is 1. The first-order chi connectivity index (χ1) is 18.8. The fourth-order valence-corrected chi connectivity index (χ4v) is 9.35. The third kappa shape index (κ3) is 5.06. The molecule has 8 heteroatoms. The molecule has 0 saturated carbocycles. The van der Waals surface area contributed by atoms with Crippen LogP contribution >= 0.6 is 11.8 Å². The first kappa shape index (κ1) is 29.4. The smallest absolute Gasteiger partial charge is 0.247 e. The predicted molar refractivity (Wildman–Crippen MR) is 156 cm³/mol. The van der Waals surface area contributed by atoms with Gasteiger partial charge in [0.2, 0.25) is 17.7 Å². The van der Waals surface area contributed by atoms with Crippen LogP contribution in [0, 0.1) is 17.8 Å². The Kier molecular flexibility index (Phi) is 9.27. The Morgan fingerprint density at radius 1 is 1.18 bits per heavy atom. The molecular formula is C31H43N3O4S.